The van der Waals surface area contributed by atoms with Crippen molar-refractivity contribution in [3.05, 3.63) is 48.5 Å². The Bertz CT molecular complexity index is 1110. The van der Waals surface area contributed by atoms with Crippen molar-refractivity contribution in [3.8, 4) is 11.1 Å². The summed E-state index contributed by atoms with van der Waals surface area (Å²) in [6.45, 7) is 3.64. The number of hydrogen-bond donors (Lipinski definition) is 1. The van der Waals surface area contributed by atoms with Crippen LogP contribution in [-0.2, 0) is 10.9 Å². The molecule has 1 N–H and O–H groups in total. The van der Waals surface area contributed by atoms with Gasteiger partial charge in [0.2, 0.25) is 0 Å². The predicted octanol–water partition coefficient (Wildman–Crippen LogP) is 4.77. The maximum absolute atomic E-state index is 13.1. The number of halogens is 3. The second-order valence-corrected chi connectivity index (χ2v) is 8.71. The number of benzene rings is 1. The summed E-state index contributed by atoms with van der Waals surface area (Å²) in [4.78, 5) is 15.1. The van der Waals surface area contributed by atoms with Gasteiger partial charge in [0.05, 0.1) is 24.3 Å². The highest BCUT2D eigenvalue weighted by Gasteiger charge is 2.31. The van der Waals surface area contributed by atoms with Gasteiger partial charge >= 0.3 is 6.18 Å². The van der Waals surface area contributed by atoms with Crippen molar-refractivity contribution in [2.45, 2.75) is 43.9 Å². The van der Waals surface area contributed by atoms with Crippen LogP contribution in [0, 0.1) is 0 Å². The number of nitrogens with zero attached hydrogens (tertiary/aromatic N) is 4. The Morgan fingerprint density at radius 2 is 1.73 bits per heavy atom. The molecule has 3 aromatic rings. The third-order valence-corrected chi connectivity index (χ3v) is 6.63. The molecule has 0 unspecified atom stereocenters. The number of rotatable bonds is 4. The summed E-state index contributed by atoms with van der Waals surface area (Å²) in [7, 11) is 0. The molecule has 1 saturated carbocycles. The molecule has 1 aliphatic carbocycles. The fraction of sp³-hybridized carbons (Fsp3) is 0.458. The van der Waals surface area contributed by atoms with Crippen molar-refractivity contribution in [1.29, 1.82) is 0 Å². The minimum absolute atomic E-state index is 0.305. The third-order valence-electron chi connectivity index (χ3n) is 6.63. The number of pyridine rings is 1. The van der Waals surface area contributed by atoms with E-state index in [0.717, 1.165) is 81.0 Å². The van der Waals surface area contributed by atoms with Crippen molar-refractivity contribution in [1.82, 2.24) is 19.9 Å². The van der Waals surface area contributed by atoms with Crippen LogP contribution in [-0.4, -0.2) is 58.2 Å². The van der Waals surface area contributed by atoms with E-state index in [1.54, 1.807) is 6.07 Å². The van der Waals surface area contributed by atoms with Crippen LogP contribution in [0.1, 0.15) is 31.2 Å². The zero-order valence-corrected chi connectivity index (χ0v) is 18.2. The van der Waals surface area contributed by atoms with E-state index in [1.165, 1.54) is 12.5 Å². The van der Waals surface area contributed by atoms with Crippen molar-refractivity contribution in [2.24, 2.45) is 0 Å². The van der Waals surface area contributed by atoms with E-state index in [-0.39, 0.29) is 0 Å². The topological polar surface area (TPSA) is 63.2 Å². The first-order chi connectivity index (χ1) is 16.0. The highest BCUT2D eigenvalue weighted by Crippen LogP contribution is 2.33. The number of morpholine rings is 1. The summed E-state index contributed by atoms with van der Waals surface area (Å²) in [5.41, 5.74) is 1.04. The lowest BCUT2D eigenvalue weighted by atomic mass is 9.90. The zero-order chi connectivity index (χ0) is 22.8. The molecule has 1 aromatic carbocycles. The van der Waals surface area contributed by atoms with Gasteiger partial charge in [-0.15, -0.1) is 0 Å². The first-order valence-corrected chi connectivity index (χ1v) is 11.3. The van der Waals surface area contributed by atoms with Crippen LogP contribution in [0.5, 0.6) is 0 Å². The fourth-order valence-corrected chi connectivity index (χ4v) is 4.83. The molecule has 0 radical (unpaired) electrons. The molecule has 0 amide bonds. The van der Waals surface area contributed by atoms with Gasteiger partial charge in [0.25, 0.3) is 0 Å². The smallest absolute Gasteiger partial charge is 0.379 e. The van der Waals surface area contributed by atoms with Crippen LogP contribution in [0.3, 0.4) is 0 Å². The number of anilines is 1. The molecule has 0 bridgehead atoms. The van der Waals surface area contributed by atoms with Gasteiger partial charge in [-0.05, 0) is 49.4 Å². The number of aromatic nitrogens is 3. The lowest BCUT2D eigenvalue weighted by Gasteiger charge is -2.39. The Morgan fingerprint density at radius 3 is 2.48 bits per heavy atom. The summed E-state index contributed by atoms with van der Waals surface area (Å²) < 4.78 is 44.9. The van der Waals surface area contributed by atoms with Gasteiger partial charge < -0.3 is 10.1 Å². The third kappa shape index (κ3) is 4.94. The highest BCUT2D eigenvalue weighted by molar-refractivity contribution is 5.92. The molecule has 174 valence electrons. The van der Waals surface area contributed by atoms with Gasteiger partial charge in [-0.1, -0.05) is 6.07 Å². The maximum atomic E-state index is 13.1. The summed E-state index contributed by atoms with van der Waals surface area (Å²) >= 11 is 0. The highest BCUT2D eigenvalue weighted by atomic mass is 19.4. The normalized spacial score (nSPS) is 22.4. The average Bonchev–Trinajstić information content (AvgIpc) is 2.85. The summed E-state index contributed by atoms with van der Waals surface area (Å²) in [5.74, 6) is 0.719. The molecular formula is C24H26F3N5O. The predicted molar refractivity (Wildman–Crippen MR) is 120 cm³/mol. The van der Waals surface area contributed by atoms with Gasteiger partial charge in [-0.2, -0.15) is 13.2 Å². The first kappa shape index (κ1) is 22.0. The van der Waals surface area contributed by atoms with Crippen molar-refractivity contribution >= 4 is 16.7 Å². The fourth-order valence-electron chi connectivity index (χ4n) is 4.83. The van der Waals surface area contributed by atoms with Crippen molar-refractivity contribution in [2.75, 3.05) is 31.6 Å². The maximum Gasteiger partial charge on any atom is 0.417 e. The second kappa shape index (κ2) is 9.23. The van der Waals surface area contributed by atoms with E-state index >= 15 is 0 Å². The summed E-state index contributed by atoms with van der Waals surface area (Å²) in [6.07, 6.45) is 3.72. The van der Waals surface area contributed by atoms with E-state index in [2.05, 4.69) is 25.2 Å². The van der Waals surface area contributed by atoms with Gasteiger partial charge in [0.1, 0.15) is 12.1 Å². The molecular weight excluding hydrogens is 431 g/mol. The van der Waals surface area contributed by atoms with E-state index in [9.17, 15) is 13.2 Å². The zero-order valence-electron chi connectivity index (χ0n) is 18.2. The van der Waals surface area contributed by atoms with Crippen LogP contribution in [0.15, 0.2) is 43.0 Å². The van der Waals surface area contributed by atoms with Crippen molar-refractivity contribution < 1.29 is 17.9 Å². The molecule has 1 aliphatic heterocycles. The molecule has 6 nitrogen and oxygen atoms in total. The van der Waals surface area contributed by atoms with Crippen LogP contribution < -0.4 is 5.32 Å². The number of ether oxygens (including phenoxy) is 1. The number of fused-ring (bicyclic) bond motifs is 1. The second-order valence-electron chi connectivity index (χ2n) is 8.71. The summed E-state index contributed by atoms with van der Waals surface area (Å²) in [5, 5.41) is 4.37. The lowest BCUT2D eigenvalue weighted by molar-refractivity contribution is -0.137. The molecule has 5 rings (SSSR count). The summed E-state index contributed by atoms with van der Waals surface area (Å²) in [6, 6.07) is 7.46. The molecule has 0 atom stereocenters. The van der Waals surface area contributed by atoms with Crippen LogP contribution in [0.25, 0.3) is 22.0 Å². The number of nitrogens with one attached hydrogen (secondary N) is 1. The minimum Gasteiger partial charge on any atom is -0.379 e. The lowest BCUT2D eigenvalue weighted by Crippen LogP contribution is -2.46. The molecule has 3 heterocycles. The molecule has 33 heavy (non-hydrogen) atoms. The van der Waals surface area contributed by atoms with Gasteiger partial charge in [-0.3, -0.25) is 9.88 Å². The molecule has 2 aromatic heterocycles. The van der Waals surface area contributed by atoms with Gasteiger partial charge in [-0.25, -0.2) is 9.97 Å². The van der Waals surface area contributed by atoms with Gasteiger partial charge in [0, 0.05) is 48.5 Å². The van der Waals surface area contributed by atoms with Crippen molar-refractivity contribution in [3.63, 3.8) is 0 Å². The molecule has 2 fully saturated rings. The number of hydrogen-bond acceptors (Lipinski definition) is 6. The van der Waals surface area contributed by atoms with Gasteiger partial charge in [0.15, 0.2) is 0 Å². The molecule has 2 aliphatic rings. The van der Waals surface area contributed by atoms with E-state index in [1.807, 2.05) is 12.1 Å². The quantitative estimate of drug-likeness (QED) is 0.609. The largest absolute Gasteiger partial charge is 0.417 e. The molecule has 9 heteroatoms. The van der Waals surface area contributed by atoms with E-state index in [0.29, 0.717) is 23.2 Å². The molecule has 1 saturated heterocycles. The first-order valence-electron chi connectivity index (χ1n) is 11.3. The monoisotopic (exact) mass is 457 g/mol. The Balaban J connectivity index is 1.34. The van der Waals surface area contributed by atoms with Crippen LogP contribution in [0.2, 0.25) is 0 Å². The Morgan fingerprint density at radius 1 is 0.939 bits per heavy atom. The average molecular weight is 458 g/mol. The van der Waals surface area contributed by atoms with Crippen LogP contribution >= 0.6 is 0 Å². The SMILES string of the molecule is FC(F)(F)c1cncc(-c2ccc3ncnc(NC4CCC(N5CCOCC5)CC4)c3c2)c1. The minimum atomic E-state index is -4.43. The Hall–Kier alpha value is -2.78. The number of alkyl halides is 3. The molecule has 0 spiro atoms. The Kier molecular flexibility index (Phi) is 6.16. The van der Waals surface area contributed by atoms with Crippen LogP contribution in [0.4, 0.5) is 19.0 Å². The van der Waals surface area contributed by atoms with E-state index in [4.69, 9.17) is 4.74 Å². The Labute approximate surface area is 190 Å². The van der Waals surface area contributed by atoms with E-state index < -0.39 is 11.7 Å². The standard InChI is InChI=1S/C24H26F3N5O/c25-24(26,27)18-11-17(13-28-14-18)16-1-6-22-21(12-16)23(30-15-29-22)31-19-2-4-20(5-3-19)32-7-9-33-10-8-32/h1,6,11-15,19-20H,2-5,7-10H2,(H,29,30,31).